The lowest BCUT2D eigenvalue weighted by Crippen LogP contribution is -2.06. The summed E-state index contributed by atoms with van der Waals surface area (Å²) in [6, 6.07) is 5.68. The SMILES string of the molecule is CC(C)Oc1nn(C)c2ccc(OCCO)cc12. The van der Waals surface area contributed by atoms with Gasteiger partial charge in [-0.05, 0) is 32.0 Å². The van der Waals surface area contributed by atoms with Gasteiger partial charge in [-0.1, -0.05) is 0 Å². The maximum atomic E-state index is 8.75. The van der Waals surface area contributed by atoms with Crippen LogP contribution >= 0.6 is 0 Å². The number of hydrogen-bond acceptors (Lipinski definition) is 4. The first kappa shape index (κ1) is 12.7. The van der Waals surface area contributed by atoms with Gasteiger partial charge in [0.25, 0.3) is 0 Å². The zero-order valence-corrected chi connectivity index (χ0v) is 10.9. The Kier molecular flexibility index (Phi) is 3.72. The van der Waals surface area contributed by atoms with Crippen molar-refractivity contribution in [1.82, 2.24) is 9.78 Å². The molecule has 98 valence electrons. The predicted molar refractivity (Wildman–Crippen MR) is 69.1 cm³/mol. The molecule has 0 amide bonds. The van der Waals surface area contributed by atoms with Gasteiger partial charge in [0.05, 0.1) is 23.6 Å². The molecule has 5 heteroatoms. The Morgan fingerprint density at radius 2 is 2.17 bits per heavy atom. The minimum absolute atomic E-state index is 0.000425. The Bertz CT molecular complexity index is 534. The van der Waals surface area contributed by atoms with Crippen LogP contribution in [0, 0.1) is 0 Å². The third kappa shape index (κ3) is 2.56. The second-order valence-corrected chi connectivity index (χ2v) is 4.35. The number of aryl methyl sites for hydroxylation is 1. The van der Waals surface area contributed by atoms with E-state index in [2.05, 4.69) is 5.10 Å². The second kappa shape index (κ2) is 5.27. The molecule has 0 spiro atoms. The van der Waals surface area contributed by atoms with Crippen LogP contribution in [-0.2, 0) is 7.05 Å². The summed E-state index contributed by atoms with van der Waals surface area (Å²) in [5.74, 6) is 1.31. The quantitative estimate of drug-likeness (QED) is 0.878. The molecule has 1 aromatic carbocycles. The van der Waals surface area contributed by atoms with E-state index in [1.807, 2.05) is 39.1 Å². The molecule has 0 aliphatic heterocycles. The molecule has 0 saturated carbocycles. The maximum Gasteiger partial charge on any atom is 0.241 e. The van der Waals surface area contributed by atoms with Gasteiger partial charge in [-0.3, -0.25) is 4.68 Å². The highest BCUT2D eigenvalue weighted by atomic mass is 16.5. The van der Waals surface area contributed by atoms with Gasteiger partial charge in [0.1, 0.15) is 12.4 Å². The summed E-state index contributed by atoms with van der Waals surface area (Å²) in [4.78, 5) is 0. The Morgan fingerprint density at radius 1 is 1.39 bits per heavy atom. The van der Waals surface area contributed by atoms with Gasteiger partial charge in [-0.15, -0.1) is 5.10 Å². The Hall–Kier alpha value is -1.75. The van der Waals surface area contributed by atoms with Gasteiger partial charge < -0.3 is 14.6 Å². The molecule has 5 nitrogen and oxygen atoms in total. The highest BCUT2D eigenvalue weighted by molar-refractivity contribution is 5.86. The number of aliphatic hydroxyl groups excluding tert-OH is 1. The van der Waals surface area contributed by atoms with Crippen molar-refractivity contribution in [1.29, 1.82) is 0 Å². The average molecular weight is 250 g/mol. The van der Waals surface area contributed by atoms with Gasteiger partial charge in [-0.25, -0.2) is 0 Å². The van der Waals surface area contributed by atoms with E-state index < -0.39 is 0 Å². The van der Waals surface area contributed by atoms with Crippen molar-refractivity contribution in [2.45, 2.75) is 20.0 Å². The highest BCUT2D eigenvalue weighted by Gasteiger charge is 2.12. The van der Waals surface area contributed by atoms with Crippen LogP contribution < -0.4 is 9.47 Å². The Morgan fingerprint density at radius 3 is 2.83 bits per heavy atom. The number of fused-ring (bicyclic) bond motifs is 1. The van der Waals surface area contributed by atoms with Crippen LogP contribution in [0.1, 0.15) is 13.8 Å². The van der Waals surface area contributed by atoms with Crippen molar-refractivity contribution in [2.75, 3.05) is 13.2 Å². The fourth-order valence-corrected chi connectivity index (χ4v) is 1.78. The van der Waals surface area contributed by atoms with Crippen LogP contribution in [0.3, 0.4) is 0 Å². The monoisotopic (exact) mass is 250 g/mol. The summed E-state index contributed by atoms with van der Waals surface area (Å²) in [6.07, 6.45) is 0.0742. The molecule has 0 aliphatic rings. The minimum atomic E-state index is 0.000425. The summed E-state index contributed by atoms with van der Waals surface area (Å²) < 4.78 is 12.8. The van der Waals surface area contributed by atoms with Crippen molar-refractivity contribution in [3.8, 4) is 11.6 Å². The molecule has 0 atom stereocenters. The standard InChI is InChI=1S/C13H18N2O3/c1-9(2)18-13-11-8-10(17-7-6-16)4-5-12(11)15(3)14-13/h4-5,8-9,16H,6-7H2,1-3H3. The number of benzene rings is 1. The number of rotatable bonds is 5. The zero-order valence-electron chi connectivity index (χ0n) is 10.9. The van der Waals surface area contributed by atoms with Crippen LogP contribution in [-0.4, -0.2) is 34.2 Å². The van der Waals surface area contributed by atoms with Gasteiger partial charge in [0.15, 0.2) is 0 Å². The first-order chi connectivity index (χ1) is 8.61. The fraction of sp³-hybridized carbons (Fsp3) is 0.462. The normalized spacial score (nSPS) is 11.2. The lowest BCUT2D eigenvalue weighted by atomic mass is 10.2. The van der Waals surface area contributed by atoms with Gasteiger partial charge >= 0.3 is 0 Å². The lowest BCUT2D eigenvalue weighted by molar-refractivity contribution is 0.201. The molecule has 0 fully saturated rings. The minimum Gasteiger partial charge on any atom is -0.491 e. The number of hydrogen-bond donors (Lipinski definition) is 1. The topological polar surface area (TPSA) is 56.5 Å². The van der Waals surface area contributed by atoms with Gasteiger partial charge in [0.2, 0.25) is 5.88 Å². The number of aliphatic hydroxyl groups is 1. The van der Waals surface area contributed by atoms with Crippen LogP contribution in [0.5, 0.6) is 11.6 Å². The van der Waals surface area contributed by atoms with E-state index in [1.165, 1.54) is 0 Å². The molecule has 1 aromatic heterocycles. The van der Waals surface area contributed by atoms with Crippen molar-refractivity contribution < 1.29 is 14.6 Å². The van der Waals surface area contributed by atoms with E-state index in [0.717, 1.165) is 10.9 Å². The third-order valence-electron chi connectivity index (χ3n) is 2.50. The molecule has 1 heterocycles. The van der Waals surface area contributed by atoms with Crippen LogP contribution in [0.15, 0.2) is 18.2 Å². The van der Waals surface area contributed by atoms with E-state index in [-0.39, 0.29) is 19.3 Å². The molecular weight excluding hydrogens is 232 g/mol. The molecule has 2 rings (SSSR count). The Labute approximate surface area is 106 Å². The predicted octanol–water partition coefficient (Wildman–Crippen LogP) is 1.73. The fourth-order valence-electron chi connectivity index (χ4n) is 1.78. The Balaban J connectivity index is 2.38. The van der Waals surface area contributed by atoms with Crippen molar-refractivity contribution in [3.63, 3.8) is 0 Å². The van der Waals surface area contributed by atoms with E-state index >= 15 is 0 Å². The number of nitrogens with zero attached hydrogens (tertiary/aromatic N) is 2. The van der Waals surface area contributed by atoms with Gasteiger partial charge in [0, 0.05) is 7.05 Å². The molecule has 1 N–H and O–H groups in total. The molecule has 2 aromatic rings. The van der Waals surface area contributed by atoms with E-state index in [0.29, 0.717) is 11.6 Å². The van der Waals surface area contributed by atoms with Crippen LogP contribution in [0.25, 0.3) is 10.9 Å². The average Bonchev–Trinajstić information content (AvgIpc) is 2.63. The third-order valence-corrected chi connectivity index (χ3v) is 2.50. The second-order valence-electron chi connectivity index (χ2n) is 4.35. The van der Waals surface area contributed by atoms with E-state index in [9.17, 15) is 0 Å². The highest BCUT2D eigenvalue weighted by Crippen LogP contribution is 2.28. The first-order valence-electron chi connectivity index (χ1n) is 5.99. The summed E-state index contributed by atoms with van der Waals surface area (Å²) in [5, 5.41) is 14.0. The van der Waals surface area contributed by atoms with Crippen molar-refractivity contribution in [3.05, 3.63) is 18.2 Å². The molecular formula is C13H18N2O3. The molecule has 0 bridgehead atoms. The number of aromatic nitrogens is 2. The molecule has 0 saturated heterocycles. The summed E-state index contributed by atoms with van der Waals surface area (Å²) in [5.41, 5.74) is 0.988. The molecule has 0 aliphatic carbocycles. The van der Waals surface area contributed by atoms with Gasteiger partial charge in [-0.2, -0.15) is 0 Å². The summed E-state index contributed by atoms with van der Waals surface area (Å²) in [7, 11) is 1.88. The largest absolute Gasteiger partial charge is 0.491 e. The van der Waals surface area contributed by atoms with Crippen molar-refractivity contribution in [2.24, 2.45) is 7.05 Å². The lowest BCUT2D eigenvalue weighted by Gasteiger charge is -2.07. The smallest absolute Gasteiger partial charge is 0.241 e. The number of ether oxygens (including phenoxy) is 2. The van der Waals surface area contributed by atoms with E-state index in [1.54, 1.807) is 4.68 Å². The first-order valence-corrected chi connectivity index (χ1v) is 5.99. The van der Waals surface area contributed by atoms with Crippen LogP contribution in [0.4, 0.5) is 0 Å². The molecule has 18 heavy (non-hydrogen) atoms. The zero-order chi connectivity index (χ0) is 13.1. The van der Waals surface area contributed by atoms with Crippen molar-refractivity contribution >= 4 is 10.9 Å². The summed E-state index contributed by atoms with van der Waals surface area (Å²) >= 11 is 0. The summed E-state index contributed by atoms with van der Waals surface area (Å²) in [6.45, 7) is 4.21. The molecule has 0 radical (unpaired) electrons. The molecule has 0 unspecified atom stereocenters. The van der Waals surface area contributed by atoms with E-state index in [4.69, 9.17) is 14.6 Å². The maximum absolute atomic E-state index is 8.75. The van der Waals surface area contributed by atoms with Crippen LogP contribution in [0.2, 0.25) is 0 Å².